The summed E-state index contributed by atoms with van der Waals surface area (Å²) in [6.07, 6.45) is 6.66. The molecule has 0 unspecified atom stereocenters. The van der Waals surface area contributed by atoms with Gasteiger partial charge >= 0.3 is 0 Å². The van der Waals surface area contributed by atoms with Crippen molar-refractivity contribution in [3.05, 3.63) is 94.3 Å². The third-order valence-electron chi connectivity index (χ3n) is 5.95. The highest BCUT2D eigenvalue weighted by molar-refractivity contribution is 6.04. The van der Waals surface area contributed by atoms with Gasteiger partial charge in [0.05, 0.1) is 0 Å². The summed E-state index contributed by atoms with van der Waals surface area (Å²) in [5.74, 6) is -0.282. The van der Waals surface area contributed by atoms with Crippen LogP contribution in [0.4, 0.5) is 8.78 Å². The summed E-state index contributed by atoms with van der Waals surface area (Å²) in [5.41, 5.74) is 4.32. The average molecular weight is 405 g/mol. The molecule has 2 aliphatic carbocycles. The molecular weight excluding hydrogens is 384 g/mol. The largest absolute Gasteiger partial charge is 0.399 e. The van der Waals surface area contributed by atoms with E-state index >= 15 is 0 Å². The first-order chi connectivity index (χ1) is 14.6. The number of hydrogen-bond acceptors (Lipinski definition) is 3. The molecule has 2 aromatic carbocycles. The van der Waals surface area contributed by atoms with Crippen molar-refractivity contribution in [2.24, 2.45) is 11.1 Å². The second-order valence-electron chi connectivity index (χ2n) is 7.90. The van der Waals surface area contributed by atoms with Crippen molar-refractivity contribution in [2.45, 2.75) is 24.7 Å². The predicted molar refractivity (Wildman–Crippen MR) is 111 cm³/mol. The lowest BCUT2D eigenvalue weighted by Gasteiger charge is -2.34. The van der Waals surface area contributed by atoms with Gasteiger partial charge in [0.2, 0.25) is 0 Å². The van der Waals surface area contributed by atoms with E-state index in [9.17, 15) is 8.78 Å². The molecule has 0 amide bonds. The minimum absolute atomic E-state index is 0.323. The zero-order valence-corrected chi connectivity index (χ0v) is 16.5. The molecule has 0 spiro atoms. The van der Waals surface area contributed by atoms with Crippen molar-refractivity contribution in [1.82, 2.24) is 10.2 Å². The summed E-state index contributed by atoms with van der Waals surface area (Å²) in [4.78, 5) is 5.05. The summed E-state index contributed by atoms with van der Waals surface area (Å²) in [5, 5.41) is 11.9. The standard InChI is InChI=1S/C24H21F2N3O/c1-30-29-22(15-8-9-15)23-20-10-11-24(14-21(20)27-28-23,16-4-2-6-18(25)12-16)17-5-3-7-19(26)13-17/h2-7,10-13,15H,8-9,14H2,1H3,(H,27,28)/b29-22+. The van der Waals surface area contributed by atoms with Crippen molar-refractivity contribution in [3.8, 4) is 0 Å². The molecule has 1 saturated carbocycles. The van der Waals surface area contributed by atoms with Crippen LogP contribution in [0, 0.1) is 17.6 Å². The number of benzene rings is 2. The van der Waals surface area contributed by atoms with Crippen LogP contribution in [0.1, 0.15) is 40.9 Å². The fourth-order valence-electron chi connectivity index (χ4n) is 4.32. The second kappa shape index (κ2) is 7.20. The molecule has 6 heteroatoms. The van der Waals surface area contributed by atoms with E-state index in [4.69, 9.17) is 4.84 Å². The van der Waals surface area contributed by atoms with Crippen molar-refractivity contribution in [1.29, 1.82) is 0 Å². The van der Waals surface area contributed by atoms with Crippen molar-refractivity contribution in [3.63, 3.8) is 0 Å². The van der Waals surface area contributed by atoms with E-state index in [2.05, 4.69) is 15.4 Å². The van der Waals surface area contributed by atoms with Gasteiger partial charge in [0.15, 0.2) is 0 Å². The van der Waals surface area contributed by atoms with Crippen LogP contribution in [0.5, 0.6) is 0 Å². The lowest BCUT2D eigenvalue weighted by atomic mass is 9.68. The van der Waals surface area contributed by atoms with Crippen LogP contribution < -0.4 is 0 Å². The minimum atomic E-state index is -0.709. The van der Waals surface area contributed by atoms with Crippen LogP contribution in [-0.4, -0.2) is 23.0 Å². The number of aromatic amines is 1. The SMILES string of the molecule is CO/N=C(/c1n[nH]c2c1C=CC(c1cccc(F)c1)(c1cccc(F)c1)C2)C1CC1. The maximum atomic E-state index is 14.1. The quantitative estimate of drug-likeness (QED) is 0.480. The number of fused-ring (bicyclic) bond motifs is 1. The van der Waals surface area contributed by atoms with Crippen LogP contribution in [0.15, 0.2) is 59.8 Å². The summed E-state index contributed by atoms with van der Waals surface area (Å²) >= 11 is 0. The van der Waals surface area contributed by atoms with Crippen molar-refractivity contribution < 1.29 is 13.6 Å². The Labute approximate surface area is 173 Å². The molecule has 0 bridgehead atoms. The molecule has 1 fully saturated rings. The van der Waals surface area contributed by atoms with Crippen LogP contribution >= 0.6 is 0 Å². The van der Waals surface area contributed by atoms with E-state index in [1.807, 2.05) is 24.3 Å². The molecule has 4 nitrogen and oxygen atoms in total. The lowest BCUT2D eigenvalue weighted by Crippen LogP contribution is -2.31. The number of allylic oxidation sites excluding steroid dienone is 1. The van der Waals surface area contributed by atoms with E-state index in [0.717, 1.165) is 46.6 Å². The number of H-pyrrole nitrogens is 1. The summed E-state index contributed by atoms with van der Waals surface area (Å²) < 4.78 is 28.3. The molecule has 0 atom stereocenters. The molecule has 30 heavy (non-hydrogen) atoms. The van der Waals surface area contributed by atoms with Gasteiger partial charge in [0.1, 0.15) is 30.1 Å². The Morgan fingerprint density at radius 3 is 2.33 bits per heavy atom. The molecule has 1 N–H and O–H groups in total. The van der Waals surface area contributed by atoms with Crippen LogP contribution in [0.25, 0.3) is 6.08 Å². The van der Waals surface area contributed by atoms with Crippen LogP contribution in [-0.2, 0) is 16.7 Å². The van der Waals surface area contributed by atoms with Gasteiger partial charge in [-0.05, 0) is 48.2 Å². The monoisotopic (exact) mass is 405 g/mol. The van der Waals surface area contributed by atoms with E-state index in [1.165, 1.54) is 31.4 Å². The molecule has 5 rings (SSSR count). The van der Waals surface area contributed by atoms with E-state index in [1.54, 1.807) is 12.1 Å². The number of nitrogens with zero attached hydrogens (tertiary/aromatic N) is 2. The first-order valence-electron chi connectivity index (χ1n) is 10.0. The molecule has 1 heterocycles. The van der Waals surface area contributed by atoms with Gasteiger partial charge in [-0.2, -0.15) is 5.10 Å². The Balaban J connectivity index is 1.65. The molecule has 1 aromatic heterocycles. The summed E-state index contributed by atoms with van der Waals surface area (Å²) in [6, 6.07) is 13.0. The smallest absolute Gasteiger partial charge is 0.123 e. The first kappa shape index (κ1) is 18.7. The fraction of sp³-hybridized carbons (Fsp3) is 0.250. The predicted octanol–water partition coefficient (Wildman–Crippen LogP) is 5.00. The number of halogens is 2. The highest BCUT2D eigenvalue weighted by Crippen LogP contribution is 2.43. The highest BCUT2D eigenvalue weighted by atomic mass is 19.1. The summed E-state index contributed by atoms with van der Waals surface area (Å²) in [7, 11) is 1.54. The van der Waals surface area contributed by atoms with Crippen molar-refractivity contribution in [2.75, 3.05) is 7.11 Å². The number of aromatic nitrogens is 2. The molecule has 0 saturated heterocycles. The van der Waals surface area contributed by atoms with Gasteiger partial charge in [-0.15, -0.1) is 0 Å². The van der Waals surface area contributed by atoms with Crippen LogP contribution in [0.2, 0.25) is 0 Å². The number of hydrogen-bond donors (Lipinski definition) is 1. The Hall–Kier alpha value is -3.28. The highest BCUT2D eigenvalue weighted by Gasteiger charge is 2.39. The summed E-state index contributed by atoms with van der Waals surface area (Å²) in [6.45, 7) is 0. The van der Waals surface area contributed by atoms with Gasteiger partial charge in [0.25, 0.3) is 0 Å². The Bertz CT molecular complexity index is 1120. The first-order valence-corrected chi connectivity index (χ1v) is 10.0. The molecule has 152 valence electrons. The zero-order valence-electron chi connectivity index (χ0n) is 16.5. The maximum Gasteiger partial charge on any atom is 0.123 e. The fourth-order valence-corrected chi connectivity index (χ4v) is 4.32. The third-order valence-corrected chi connectivity index (χ3v) is 5.95. The molecule has 2 aliphatic rings. The van der Waals surface area contributed by atoms with Crippen LogP contribution in [0.3, 0.4) is 0 Å². The third kappa shape index (κ3) is 3.12. The molecule has 0 radical (unpaired) electrons. The Kier molecular flexibility index (Phi) is 4.50. The topological polar surface area (TPSA) is 50.3 Å². The zero-order chi connectivity index (χ0) is 20.7. The molecule has 3 aromatic rings. The van der Waals surface area contributed by atoms with Crippen molar-refractivity contribution >= 4 is 11.8 Å². The normalized spacial score (nSPS) is 17.6. The molecular formula is C24H21F2N3O. The van der Waals surface area contributed by atoms with Gasteiger partial charge in [-0.25, -0.2) is 8.78 Å². The lowest BCUT2D eigenvalue weighted by molar-refractivity contribution is 0.212. The number of rotatable bonds is 5. The second-order valence-corrected chi connectivity index (χ2v) is 7.90. The Morgan fingerprint density at radius 1 is 1.10 bits per heavy atom. The van der Waals surface area contributed by atoms with Gasteiger partial charge < -0.3 is 4.84 Å². The molecule has 0 aliphatic heterocycles. The average Bonchev–Trinajstić information content (AvgIpc) is 3.51. The van der Waals surface area contributed by atoms with Gasteiger partial charge in [0, 0.05) is 29.0 Å². The van der Waals surface area contributed by atoms with E-state index in [0.29, 0.717) is 12.3 Å². The maximum absolute atomic E-state index is 14.1. The minimum Gasteiger partial charge on any atom is -0.399 e. The van der Waals surface area contributed by atoms with E-state index < -0.39 is 5.41 Å². The number of nitrogens with one attached hydrogen (secondary N) is 1. The van der Waals surface area contributed by atoms with Gasteiger partial charge in [-0.1, -0.05) is 41.6 Å². The Morgan fingerprint density at radius 2 is 1.77 bits per heavy atom. The van der Waals surface area contributed by atoms with Gasteiger partial charge in [-0.3, -0.25) is 5.10 Å². The van der Waals surface area contributed by atoms with E-state index in [-0.39, 0.29) is 11.6 Å². The number of oxime groups is 1.